The first-order chi connectivity index (χ1) is 11.1. The van der Waals surface area contributed by atoms with Crippen molar-refractivity contribution < 1.29 is 14.3 Å². The highest BCUT2D eigenvalue weighted by atomic mass is 16.5. The van der Waals surface area contributed by atoms with Crippen molar-refractivity contribution in [2.75, 3.05) is 19.7 Å². The molecule has 1 aromatic rings. The van der Waals surface area contributed by atoms with Gasteiger partial charge >= 0.3 is 0 Å². The zero-order chi connectivity index (χ0) is 16.7. The molecule has 23 heavy (non-hydrogen) atoms. The zero-order valence-corrected chi connectivity index (χ0v) is 13.9. The first-order valence-corrected chi connectivity index (χ1v) is 8.30. The smallest absolute Gasteiger partial charge is 0.223 e. The predicted octanol–water partition coefficient (Wildman–Crippen LogP) is 2.04. The molecule has 0 saturated heterocycles. The van der Waals surface area contributed by atoms with E-state index >= 15 is 0 Å². The lowest BCUT2D eigenvalue weighted by Gasteiger charge is -2.08. The third-order valence-corrected chi connectivity index (χ3v) is 4.03. The van der Waals surface area contributed by atoms with E-state index in [1.165, 1.54) is 5.56 Å². The van der Waals surface area contributed by atoms with Gasteiger partial charge in [0.15, 0.2) is 0 Å². The molecule has 0 spiro atoms. The lowest BCUT2D eigenvalue weighted by Crippen LogP contribution is -2.32. The zero-order valence-electron chi connectivity index (χ0n) is 13.9. The molecule has 2 atom stereocenters. The fourth-order valence-electron chi connectivity index (χ4n) is 2.33. The van der Waals surface area contributed by atoms with Gasteiger partial charge in [0, 0.05) is 25.4 Å². The van der Waals surface area contributed by atoms with E-state index in [1.807, 2.05) is 31.2 Å². The second-order valence-electron chi connectivity index (χ2n) is 6.23. The van der Waals surface area contributed by atoms with Crippen LogP contribution in [0.15, 0.2) is 24.3 Å². The molecule has 2 N–H and O–H groups in total. The minimum absolute atomic E-state index is 0.0375. The van der Waals surface area contributed by atoms with E-state index in [0.717, 1.165) is 18.6 Å². The molecule has 1 aliphatic carbocycles. The average Bonchev–Trinajstić information content (AvgIpc) is 3.26. The number of amides is 2. The summed E-state index contributed by atoms with van der Waals surface area (Å²) in [5.74, 6) is 1.55. The summed E-state index contributed by atoms with van der Waals surface area (Å²) in [7, 11) is 0. The molecule has 5 nitrogen and oxygen atoms in total. The highest BCUT2D eigenvalue weighted by Crippen LogP contribution is 2.37. The second kappa shape index (κ2) is 8.56. The first-order valence-electron chi connectivity index (χ1n) is 8.30. The fourth-order valence-corrected chi connectivity index (χ4v) is 2.33. The molecule has 0 aromatic heterocycles. The molecule has 2 rings (SSSR count). The van der Waals surface area contributed by atoms with Crippen LogP contribution in [0, 0.1) is 18.8 Å². The van der Waals surface area contributed by atoms with Crippen LogP contribution in [0.2, 0.25) is 0 Å². The third-order valence-electron chi connectivity index (χ3n) is 4.03. The summed E-state index contributed by atoms with van der Waals surface area (Å²) in [4.78, 5) is 23.2. The number of rotatable bonds is 9. The van der Waals surface area contributed by atoms with Crippen LogP contribution in [-0.4, -0.2) is 31.5 Å². The first kappa shape index (κ1) is 17.3. The van der Waals surface area contributed by atoms with Gasteiger partial charge in [-0.2, -0.15) is 0 Å². The summed E-state index contributed by atoms with van der Waals surface area (Å²) in [6.45, 7) is 5.66. The van der Waals surface area contributed by atoms with Crippen molar-refractivity contribution in [1.82, 2.24) is 10.6 Å². The molecule has 0 radical (unpaired) electrons. The summed E-state index contributed by atoms with van der Waals surface area (Å²) in [5, 5.41) is 5.64. The molecule has 1 saturated carbocycles. The molecular formula is C18H26N2O3. The summed E-state index contributed by atoms with van der Waals surface area (Å²) in [6.07, 6.45) is 2.05. The van der Waals surface area contributed by atoms with Gasteiger partial charge in [-0.15, -0.1) is 0 Å². The van der Waals surface area contributed by atoms with E-state index < -0.39 is 0 Å². The lowest BCUT2D eigenvalue weighted by atomic mass is 10.2. The van der Waals surface area contributed by atoms with Crippen molar-refractivity contribution in [2.45, 2.75) is 33.1 Å². The van der Waals surface area contributed by atoms with Crippen LogP contribution < -0.4 is 15.4 Å². The molecular weight excluding hydrogens is 292 g/mol. The van der Waals surface area contributed by atoms with Crippen LogP contribution in [0.5, 0.6) is 5.75 Å². The van der Waals surface area contributed by atoms with E-state index in [1.54, 1.807) is 0 Å². The molecule has 5 heteroatoms. The minimum Gasteiger partial charge on any atom is -0.494 e. The summed E-state index contributed by atoms with van der Waals surface area (Å²) < 4.78 is 5.59. The number of hydrogen-bond donors (Lipinski definition) is 2. The van der Waals surface area contributed by atoms with Gasteiger partial charge in [0.2, 0.25) is 11.8 Å². The maximum absolute atomic E-state index is 11.6. The van der Waals surface area contributed by atoms with E-state index in [0.29, 0.717) is 32.0 Å². The molecule has 0 aliphatic heterocycles. The van der Waals surface area contributed by atoms with Crippen molar-refractivity contribution in [2.24, 2.45) is 11.8 Å². The number of hydrogen-bond acceptors (Lipinski definition) is 3. The van der Waals surface area contributed by atoms with Crippen molar-refractivity contribution in [3.8, 4) is 5.75 Å². The van der Waals surface area contributed by atoms with Gasteiger partial charge in [-0.3, -0.25) is 9.59 Å². The SMILES string of the molecule is Cc1ccc(OCCCNC(=O)CCNC(=O)[C@@H]2C[C@H]2C)cc1. The largest absolute Gasteiger partial charge is 0.494 e. The molecule has 1 aliphatic rings. The fraction of sp³-hybridized carbons (Fsp3) is 0.556. The highest BCUT2D eigenvalue weighted by molar-refractivity contribution is 5.82. The Hall–Kier alpha value is -2.04. The van der Waals surface area contributed by atoms with Gasteiger partial charge in [0.05, 0.1) is 6.61 Å². The highest BCUT2D eigenvalue weighted by Gasteiger charge is 2.38. The number of carbonyl (C=O) groups is 2. The Morgan fingerprint density at radius 3 is 2.52 bits per heavy atom. The van der Waals surface area contributed by atoms with Gasteiger partial charge < -0.3 is 15.4 Å². The quantitative estimate of drug-likeness (QED) is 0.685. The van der Waals surface area contributed by atoms with Crippen LogP contribution in [0.3, 0.4) is 0 Å². The van der Waals surface area contributed by atoms with Gasteiger partial charge in [0.1, 0.15) is 5.75 Å². The number of ether oxygens (including phenoxy) is 1. The van der Waals surface area contributed by atoms with Crippen LogP contribution in [0.1, 0.15) is 31.7 Å². The Bertz CT molecular complexity index is 528. The van der Waals surface area contributed by atoms with E-state index in [9.17, 15) is 9.59 Å². The van der Waals surface area contributed by atoms with Crippen LogP contribution in [0.4, 0.5) is 0 Å². The summed E-state index contributed by atoms with van der Waals surface area (Å²) >= 11 is 0. The van der Waals surface area contributed by atoms with E-state index in [2.05, 4.69) is 17.6 Å². The van der Waals surface area contributed by atoms with Gasteiger partial charge in [0.25, 0.3) is 0 Å². The van der Waals surface area contributed by atoms with E-state index in [-0.39, 0.29) is 17.7 Å². The lowest BCUT2D eigenvalue weighted by molar-refractivity contribution is -0.123. The number of benzene rings is 1. The van der Waals surface area contributed by atoms with Crippen LogP contribution in [-0.2, 0) is 9.59 Å². The Labute approximate surface area is 137 Å². The standard InChI is InChI=1S/C18H26N2O3/c1-13-4-6-15(7-5-13)23-11-3-9-19-17(21)8-10-20-18(22)16-12-14(16)2/h4-7,14,16H,3,8-12H2,1-2H3,(H,19,21)(H,20,22)/t14-,16-/m1/s1. The minimum atomic E-state index is -0.0375. The molecule has 1 aromatic carbocycles. The Kier molecular flexibility index (Phi) is 6.44. The van der Waals surface area contributed by atoms with Crippen molar-refractivity contribution in [3.05, 3.63) is 29.8 Å². The normalized spacial score (nSPS) is 19.0. The number of aryl methyl sites for hydroxylation is 1. The van der Waals surface area contributed by atoms with Crippen molar-refractivity contribution >= 4 is 11.8 Å². The van der Waals surface area contributed by atoms with Gasteiger partial charge in [-0.1, -0.05) is 24.6 Å². The van der Waals surface area contributed by atoms with Crippen LogP contribution >= 0.6 is 0 Å². The van der Waals surface area contributed by atoms with E-state index in [4.69, 9.17) is 4.74 Å². The third kappa shape index (κ3) is 6.30. The Morgan fingerprint density at radius 2 is 1.87 bits per heavy atom. The molecule has 0 bridgehead atoms. The van der Waals surface area contributed by atoms with Gasteiger partial charge in [-0.25, -0.2) is 0 Å². The predicted molar refractivity (Wildman–Crippen MR) is 89.2 cm³/mol. The van der Waals surface area contributed by atoms with Crippen molar-refractivity contribution in [3.63, 3.8) is 0 Å². The maximum atomic E-state index is 11.6. The Balaban J connectivity index is 1.46. The summed E-state index contributed by atoms with van der Waals surface area (Å²) in [6, 6.07) is 7.90. The molecule has 0 unspecified atom stereocenters. The average molecular weight is 318 g/mol. The monoisotopic (exact) mass is 318 g/mol. The molecule has 126 valence electrons. The van der Waals surface area contributed by atoms with Crippen molar-refractivity contribution in [1.29, 1.82) is 0 Å². The molecule has 2 amide bonds. The Morgan fingerprint density at radius 1 is 1.17 bits per heavy atom. The summed E-state index contributed by atoms with van der Waals surface area (Å²) in [5.41, 5.74) is 1.20. The van der Waals surface area contributed by atoms with Gasteiger partial charge in [-0.05, 0) is 37.8 Å². The number of carbonyl (C=O) groups excluding carboxylic acids is 2. The molecule has 0 heterocycles. The molecule has 1 fully saturated rings. The second-order valence-corrected chi connectivity index (χ2v) is 6.23. The van der Waals surface area contributed by atoms with Crippen LogP contribution in [0.25, 0.3) is 0 Å². The number of nitrogens with one attached hydrogen (secondary N) is 2. The topological polar surface area (TPSA) is 67.4 Å². The maximum Gasteiger partial charge on any atom is 0.223 e.